The summed E-state index contributed by atoms with van der Waals surface area (Å²) in [6, 6.07) is 6.15. The molecular weight excluding hydrogens is 254 g/mol. The fourth-order valence-electron chi connectivity index (χ4n) is 2.02. The van der Waals surface area contributed by atoms with Crippen molar-refractivity contribution in [3.63, 3.8) is 0 Å². The van der Waals surface area contributed by atoms with Crippen LogP contribution >= 0.6 is 0 Å². The van der Waals surface area contributed by atoms with Gasteiger partial charge in [0.05, 0.1) is 24.6 Å². The number of nitrogens with zero attached hydrogens (tertiary/aromatic N) is 4. The van der Waals surface area contributed by atoms with Crippen molar-refractivity contribution in [1.82, 2.24) is 20.2 Å². The predicted octanol–water partition coefficient (Wildman–Crippen LogP) is 1.53. The van der Waals surface area contributed by atoms with Gasteiger partial charge < -0.3 is 10.2 Å². The Hall–Kier alpha value is -2.63. The molecular formula is C14H15N5O. The van der Waals surface area contributed by atoms with Crippen LogP contribution < -0.4 is 10.2 Å². The number of hydrogen-bond acceptors (Lipinski definition) is 5. The van der Waals surface area contributed by atoms with E-state index in [1.165, 1.54) is 0 Å². The van der Waals surface area contributed by atoms with Crippen LogP contribution in [-0.4, -0.2) is 33.6 Å². The van der Waals surface area contributed by atoms with Gasteiger partial charge in [-0.3, -0.25) is 4.57 Å². The molecule has 102 valence electrons. The molecule has 0 saturated heterocycles. The lowest BCUT2D eigenvalue weighted by Crippen LogP contribution is -2.24. The van der Waals surface area contributed by atoms with E-state index >= 15 is 0 Å². The summed E-state index contributed by atoms with van der Waals surface area (Å²) in [6.45, 7) is 2.04. The Labute approximate surface area is 116 Å². The monoisotopic (exact) mass is 269 g/mol. The predicted molar refractivity (Wildman–Crippen MR) is 76.2 cm³/mol. The molecule has 0 amide bonds. The summed E-state index contributed by atoms with van der Waals surface area (Å²) in [7, 11) is 1.65. The highest BCUT2D eigenvalue weighted by Gasteiger charge is 2.13. The number of aromatic nitrogens is 3. The lowest BCUT2D eigenvalue weighted by atomic mass is 10.1. The molecule has 1 aromatic heterocycles. The standard InChI is InChI=1S/C14H15N5O/c1-10-3-6-13(18-17-10)12-5-4-11(7-14(12)20-2)19-8-15-16-9-19/h3-10,17H,1-2H3. The van der Waals surface area contributed by atoms with Crippen LogP contribution in [0.1, 0.15) is 12.5 Å². The van der Waals surface area contributed by atoms with Crippen LogP contribution in [0.15, 0.2) is 48.1 Å². The molecule has 3 rings (SSSR count). The third-order valence-corrected chi connectivity index (χ3v) is 3.11. The number of nitrogens with one attached hydrogen (secondary N) is 1. The van der Waals surface area contributed by atoms with Gasteiger partial charge in [0.15, 0.2) is 0 Å². The summed E-state index contributed by atoms with van der Waals surface area (Å²) in [5, 5.41) is 12.0. The molecule has 0 spiro atoms. The van der Waals surface area contributed by atoms with Crippen LogP contribution in [0.25, 0.3) is 5.69 Å². The molecule has 1 atom stereocenters. The number of benzene rings is 1. The van der Waals surface area contributed by atoms with Gasteiger partial charge in [-0.1, -0.05) is 6.08 Å². The molecule has 0 aliphatic carbocycles. The van der Waals surface area contributed by atoms with Gasteiger partial charge in [0.25, 0.3) is 0 Å². The molecule has 1 aromatic carbocycles. The maximum absolute atomic E-state index is 5.47. The van der Waals surface area contributed by atoms with Crippen LogP contribution in [0.4, 0.5) is 0 Å². The van der Waals surface area contributed by atoms with Gasteiger partial charge in [-0.05, 0) is 25.1 Å². The highest BCUT2D eigenvalue weighted by atomic mass is 16.5. The molecule has 0 bridgehead atoms. The van der Waals surface area contributed by atoms with Crippen LogP contribution in [0.3, 0.4) is 0 Å². The van der Waals surface area contributed by atoms with E-state index in [0.29, 0.717) is 0 Å². The van der Waals surface area contributed by atoms with Crippen LogP contribution in [-0.2, 0) is 0 Å². The second-order valence-corrected chi connectivity index (χ2v) is 4.53. The molecule has 1 aliphatic rings. The average Bonchev–Trinajstić information content (AvgIpc) is 3.02. The van der Waals surface area contributed by atoms with Gasteiger partial charge in [0, 0.05) is 11.6 Å². The lowest BCUT2D eigenvalue weighted by molar-refractivity contribution is 0.413. The molecule has 2 heterocycles. The molecule has 1 aliphatic heterocycles. The number of ether oxygens (including phenoxy) is 1. The van der Waals surface area contributed by atoms with Gasteiger partial charge in [-0.2, -0.15) is 5.10 Å². The van der Waals surface area contributed by atoms with E-state index in [2.05, 4.69) is 26.8 Å². The SMILES string of the molecule is COc1cc(-n2cnnc2)ccc1C1=NNC(C)C=C1. The second-order valence-electron chi connectivity index (χ2n) is 4.53. The van der Waals surface area contributed by atoms with Gasteiger partial charge in [0.2, 0.25) is 0 Å². The molecule has 1 unspecified atom stereocenters. The summed E-state index contributed by atoms with van der Waals surface area (Å²) in [5.74, 6) is 0.760. The number of methoxy groups -OCH3 is 1. The summed E-state index contributed by atoms with van der Waals surface area (Å²) in [4.78, 5) is 0. The maximum Gasteiger partial charge on any atom is 0.130 e. The Bertz CT molecular complexity index is 660. The Balaban J connectivity index is 1.99. The largest absolute Gasteiger partial charge is 0.496 e. The zero-order valence-electron chi connectivity index (χ0n) is 11.3. The first-order valence-electron chi connectivity index (χ1n) is 6.33. The van der Waals surface area contributed by atoms with E-state index in [9.17, 15) is 0 Å². The smallest absolute Gasteiger partial charge is 0.130 e. The maximum atomic E-state index is 5.47. The van der Waals surface area contributed by atoms with Crippen molar-refractivity contribution in [2.75, 3.05) is 7.11 Å². The normalized spacial score (nSPS) is 17.5. The van der Waals surface area contributed by atoms with Crippen molar-refractivity contribution < 1.29 is 4.74 Å². The van der Waals surface area contributed by atoms with Crippen molar-refractivity contribution >= 4 is 5.71 Å². The first-order valence-corrected chi connectivity index (χ1v) is 6.33. The summed E-state index contributed by atoms with van der Waals surface area (Å²) in [6.07, 6.45) is 7.36. The van der Waals surface area contributed by atoms with E-state index in [4.69, 9.17) is 4.74 Å². The fraction of sp³-hybridized carbons (Fsp3) is 0.214. The molecule has 0 fully saturated rings. The molecule has 2 aromatic rings. The highest BCUT2D eigenvalue weighted by Crippen LogP contribution is 2.24. The third-order valence-electron chi connectivity index (χ3n) is 3.11. The van der Waals surface area contributed by atoms with E-state index < -0.39 is 0 Å². The Morgan fingerprint density at radius 3 is 2.70 bits per heavy atom. The number of hydrazone groups is 1. The van der Waals surface area contributed by atoms with E-state index in [1.807, 2.05) is 35.8 Å². The quantitative estimate of drug-likeness (QED) is 0.917. The number of allylic oxidation sites excluding steroid dienone is 1. The molecule has 6 heteroatoms. The second kappa shape index (κ2) is 5.16. The van der Waals surface area contributed by atoms with Gasteiger partial charge in [-0.15, -0.1) is 10.2 Å². The minimum Gasteiger partial charge on any atom is -0.496 e. The Morgan fingerprint density at radius 2 is 2.05 bits per heavy atom. The molecule has 0 saturated carbocycles. The number of hydrogen-bond donors (Lipinski definition) is 1. The van der Waals surface area contributed by atoms with E-state index in [0.717, 1.165) is 22.7 Å². The molecule has 20 heavy (non-hydrogen) atoms. The van der Waals surface area contributed by atoms with Crippen LogP contribution in [0.5, 0.6) is 5.75 Å². The van der Waals surface area contributed by atoms with Gasteiger partial charge >= 0.3 is 0 Å². The first kappa shape index (κ1) is 12.4. The topological polar surface area (TPSA) is 64.3 Å². The summed E-state index contributed by atoms with van der Waals surface area (Å²) in [5.41, 5.74) is 5.79. The summed E-state index contributed by atoms with van der Waals surface area (Å²) >= 11 is 0. The van der Waals surface area contributed by atoms with Crippen molar-refractivity contribution in [3.8, 4) is 11.4 Å². The molecule has 0 radical (unpaired) electrons. The van der Waals surface area contributed by atoms with Crippen LogP contribution in [0.2, 0.25) is 0 Å². The zero-order valence-corrected chi connectivity index (χ0v) is 11.3. The van der Waals surface area contributed by atoms with E-state index in [-0.39, 0.29) is 6.04 Å². The highest BCUT2D eigenvalue weighted by molar-refractivity contribution is 6.10. The average molecular weight is 269 g/mol. The van der Waals surface area contributed by atoms with Crippen LogP contribution in [0, 0.1) is 0 Å². The number of rotatable bonds is 3. The zero-order chi connectivity index (χ0) is 13.9. The Morgan fingerprint density at radius 1 is 1.25 bits per heavy atom. The molecule has 6 nitrogen and oxygen atoms in total. The lowest BCUT2D eigenvalue weighted by Gasteiger charge is -2.16. The van der Waals surface area contributed by atoms with Gasteiger partial charge in [0.1, 0.15) is 18.4 Å². The third kappa shape index (κ3) is 2.27. The fourth-order valence-corrected chi connectivity index (χ4v) is 2.02. The van der Waals surface area contributed by atoms with Crippen molar-refractivity contribution in [2.24, 2.45) is 5.10 Å². The van der Waals surface area contributed by atoms with E-state index in [1.54, 1.807) is 19.8 Å². The van der Waals surface area contributed by atoms with Gasteiger partial charge in [-0.25, -0.2) is 0 Å². The minimum absolute atomic E-state index is 0.251. The first-order chi connectivity index (χ1) is 9.78. The van der Waals surface area contributed by atoms with Crippen molar-refractivity contribution in [1.29, 1.82) is 0 Å². The minimum atomic E-state index is 0.251. The molecule has 1 N–H and O–H groups in total. The van der Waals surface area contributed by atoms with Crippen molar-refractivity contribution in [2.45, 2.75) is 13.0 Å². The summed E-state index contributed by atoms with van der Waals surface area (Å²) < 4.78 is 7.29. The Kier molecular flexibility index (Phi) is 3.20. The van der Waals surface area contributed by atoms with Crippen molar-refractivity contribution in [3.05, 3.63) is 48.6 Å².